The number of rotatable bonds is 3. The molecule has 6 nitrogen and oxygen atoms in total. The van der Waals surface area contributed by atoms with E-state index in [1.54, 1.807) is 31.2 Å². The van der Waals surface area contributed by atoms with Crippen LogP contribution in [-0.4, -0.2) is 32.2 Å². The Labute approximate surface area is 134 Å². The first-order valence-corrected chi connectivity index (χ1v) is 8.56. The molecule has 7 heteroatoms. The lowest BCUT2D eigenvalue weighted by Crippen LogP contribution is -2.26. The summed E-state index contributed by atoms with van der Waals surface area (Å²) < 4.78 is 31.8. The summed E-state index contributed by atoms with van der Waals surface area (Å²) in [5, 5.41) is 2.73. The first-order valence-electron chi connectivity index (χ1n) is 7.12. The molecule has 3 rings (SSSR count). The van der Waals surface area contributed by atoms with Crippen molar-refractivity contribution in [1.82, 2.24) is 4.31 Å². The van der Waals surface area contributed by atoms with Crippen molar-refractivity contribution in [3.05, 3.63) is 48.0 Å². The van der Waals surface area contributed by atoms with Gasteiger partial charge in [-0.2, -0.15) is 0 Å². The lowest BCUT2D eigenvalue weighted by atomic mass is 10.2. The molecule has 120 valence electrons. The molecule has 1 heterocycles. The molecule has 0 saturated carbocycles. The monoisotopic (exact) mass is 332 g/mol. The maximum atomic E-state index is 12.4. The van der Waals surface area contributed by atoms with Gasteiger partial charge in [0.25, 0.3) is 5.91 Å². The number of benzene rings is 2. The normalized spacial score (nSPS) is 13.6. The molecular formula is C16H16N2O4S. The van der Waals surface area contributed by atoms with Crippen LogP contribution in [0.25, 0.3) is 0 Å². The van der Waals surface area contributed by atoms with E-state index in [9.17, 15) is 13.2 Å². The molecule has 2 aromatic carbocycles. The Kier molecular flexibility index (Phi) is 3.83. The first kappa shape index (κ1) is 15.5. The highest BCUT2D eigenvalue weighted by Gasteiger charge is 2.25. The third-order valence-electron chi connectivity index (χ3n) is 3.70. The van der Waals surface area contributed by atoms with Crippen molar-refractivity contribution >= 4 is 21.6 Å². The molecule has 2 aromatic rings. The Hall–Kier alpha value is -2.38. The summed E-state index contributed by atoms with van der Waals surface area (Å²) in [7, 11) is -2.13. The van der Waals surface area contributed by atoms with Crippen molar-refractivity contribution in [2.45, 2.75) is 11.8 Å². The minimum absolute atomic E-state index is 0.0605. The summed E-state index contributed by atoms with van der Waals surface area (Å²) in [5.41, 5.74) is 0.732. The van der Waals surface area contributed by atoms with Crippen LogP contribution < -0.4 is 10.1 Å². The third kappa shape index (κ3) is 2.69. The summed E-state index contributed by atoms with van der Waals surface area (Å²) >= 11 is 0. The van der Waals surface area contributed by atoms with Crippen LogP contribution in [0.5, 0.6) is 11.5 Å². The second kappa shape index (κ2) is 5.68. The van der Waals surface area contributed by atoms with E-state index in [0.29, 0.717) is 23.7 Å². The zero-order valence-electron chi connectivity index (χ0n) is 12.7. The smallest absolute Gasteiger partial charge is 0.259 e. The maximum absolute atomic E-state index is 12.4. The topological polar surface area (TPSA) is 75.7 Å². The second-order valence-corrected chi connectivity index (χ2v) is 7.17. The Morgan fingerprint density at radius 2 is 1.87 bits per heavy atom. The van der Waals surface area contributed by atoms with Crippen LogP contribution in [0.4, 0.5) is 5.69 Å². The van der Waals surface area contributed by atoms with Crippen molar-refractivity contribution in [2.24, 2.45) is 0 Å². The van der Waals surface area contributed by atoms with Crippen molar-refractivity contribution in [1.29, 1.82) is 0 Å². The molecule has 0 fully saturated rings. The van der Waals surface area contributed by atoms with Crippen LogP contribution in [0.3, 0.4) is 0 Å². The molecule has 1 aliphatic heterocycles. The molecule has 0 aromatic heterocycles. The fraction of sp³-hybridized carbons (Fsp3) is 0.188. The highest BCUT2D eigenvalue weighted by Crippen LogP contribution is 2.36. The Morgan fingerprint density at radius 1 is 1.13 bits per heavy atom. The second-order valence-electron chi connectivity index (χ2n) is 5.13. The zero-order chi connectivity index (χ0) is 16.6. The van der Waals surface area contributed by atoms with Crippen LogP contribution in [-0.2, 0) is 10.0 Å². The van der Waals surface area contributed by atoms with Gasteiger partial charge in [-0.1, -0.05) is 19.1 Å². The van der Waals surface area contributed by atoms with Crippen molar-refractivity contribution in [3.8, 4) is 11.5 Å². The standard InChI is InChI=1S/C16H16N2O4S/c1-3-18(2)23(20,21)11-8-9-14-12(10-11)16(19)17-13-6-4-5-7-15(13)22-14/h4-10H,3H2,1-2H3,(H,17,19). The number of nitrogens with zero attached hydrogens (tertiary/aromatic N) is 1. The van der Waals surface area contributed by atoms with E-state index in [-0.39, 0.29) is 10.5 Å². The van der Waals surface area contributed by atoms with E-state index >= 15 is 0 Å². The van der Waals surface area contributed by atoms with Gasteiger partial charge >= 0.3 is 0 Å². The molecule has 0 atom stereocenters. The molecule has 0 aliphatic carbocycles. The van der Waals surface area contributed by atoms with E-state index in [0.717, 1.165) is 0 Å². The molecule has 1 N–H and O–H groups in total. The highest BCUT2D eigenvalue weighted by molar-refractivity contribution is 7.89. The zero-order valence-corrected chi connectivity index (χ0v) is 13.6. The van der Waals surface area contributed by atoms with E-state index < -0.39 is 15.9 Å². The average Bonchev–Trinajstić information content (AvgIpc) is 2.69. The molecule has 0 radical (unpaired) electrons. The van der Waals surface area contributed by atoms with Gasteiger partial charge in [0.1, 0.15) is 5.75 Å². The number of carbonyl (C=O) groups is 1. The SMILES string of the molecule is CCN(C)S(=O)(=O)c1ccc2c(c1)C(=O)Nc1ccccc1O2. The highest BCUT2D eigenvalue weighted by atomic mass is 32.2. The molecule has 0 bridgehead atoms. The third-order valence-corrected chi connectivity index (χ3v) is 5.63. The van der Waals surface area contributed by atoms with Gasteiger partial charge in [0.2, 0.25) is 10.0 Å². The number of hydrogen-bond acceptors (Lipinski definition) is 4. The molecule has 1 amide bonds. The molecule has 0 spiro atoms. The average molecular weight is 332 g/mol. The van der Waals surface area contributed by atoms with Gasteiger partial charge in [0.05, 0.1) is 16.1 Å². The molecule has 0 unspecified atom stereocenters. The van der Waals surface area contributed by atoms with Crippen molar-refractivity contribution < 1.29 is 17.9 Å². The van der Waals surface area contributed by atoms with Crippen molar-refractivity contribution in [3.63, 3.8) is 0 Å². The number of sulfonamides is 1. The van der Waals surface area contributed by atoms with Crippen LogP contribution in [0.1, 0.15) is 17.3 Å². The number of para-hydroxylation sites is 2. The van der Waals surface area contributed by atoms with Crippen molar-refractivity contribution in [2.75, 3.05) is 18.9 Å². The van der Waals surface area contributed by atoms with Crippen LogP contribution in [0.15, 0.2) is 47.4 Å². The van der Waals surface area contributed by atoms with Crippen LogP contribution >= 0.6 is 0 Å². The van der Waals surface area contributed by atoms with Gasteiger partial charge in [-0.25, -0.2) is 12.7 Å². The number of hydrogen-bond donors (Lipinski definition) is 1. The Morgan fingerprint density at radius 3 is 2.61 bits per heavy atom. The molecular weight excluding hydrogens is 316 g/mol. The van der Waals surface area contributed by atoms with Gasteiger partial charge in [-0.15, -0.1) is 0 Å². The fourth-order valence-electron chi connectivity index (χ4n) is 2.25. The number of fused-ring (bicyclic) bond motifs is 2. The van der Waals surface area contributed by atoms with Gasteiger partial charge in [-0.3, -0.25) is 4.79 Å². The minimum Gasteiger partial charge on any atom is -0.454 e. The quantitative estimate of drug-likeness (QED) is 0.937. The predicted molar refractivity (Wildman–Crippen MR) is 86.4 cm³/mol. The lowest BCUT2D eigenvalue weighted by Gasteiger charge is -2.16. The minimum atomic E-state index is -3.63. The number of amides is 1. The Bertz CT molecular complexity index is 877. The first-order chi connectivity index (χ1) is 10.9. The Balaban J connectivity index is 2.09. The fourth-order valence-corrected chi connectivity index (χ4v) is 3.46. The lowest BCUT2D eigenvalue weighted by molar-refractivity contribution is 0.102. The predicted octanol–water partition coefficient (Wildman–Crippen LogP) is 2.69. The summed E-state index contributed by atoms with van der Waals surface area (Å²) in [6, 6.07) is 11.3. The summed E-state index contributed by atoms with van der Waals surface area (Å²) in [5.74, 6) is 0.438. The van der Waals surface area contributed by atoms with E-state index in [2.05, 4.69) is 5.32 Å². The molecule has 23 heavy (non-hydrogen) atoms. The summed E-state index contributed by atoms with van der Waals surface area (Å²) in [6.45, 7) is 2.08. The molecule has 0 saturated heterocycles. The van der Waals surface area contributed by atoms with Crippen LogP contribution in [0, 0.1) is 0 Å². The van der Waals surface area contributed by atoms with Gasteiger partial charge in [-0.05, 0) is 30.3 Å². The molecule has 1 aliphatic rings. The summed E-state index contributed by atoms with van der Waals surface area (Å²) in [4.78, 5) is 12.4. The largest absolute Gasteiger partial charge is 0.454 e. The van der Waals surface area contributed by atoms with Crippen LogP contribution in [0.2, 0.25) is 0 Å². The number of nitrogens with one attached hydrogen (secondary N) is 1. The number of carbonyl (C=O) groups excluding carboxylic acids is 1. The van der Waals surface area contributed by atoms with E-state index in [1.165, 1.54) is 29.6 Å². The summed E-state index contributed by atoms with van der Waals surface area (Å²) in [6.07, 6.45) is 0. The number of ether oxygens (including phenoxy) is 1. The van der Waals surface area contributed by atoms with E-state index in [1.807, 2.05) is 0 Å². The van der Waals surface area contributed by atoms with Gasteiger partial charge < -0.3 is 10.1 Å². The number of anilines is 1. The van der Waals surface area contributed by atoms with Gasteiger partial charge in [0, 0.05) is 13.6 Å². The van der Waals surface area contributed by atoms with Gasteiger partial charge in [0.15, 0.2) is 5.75 Å². The van der Waals surface area contributed by atoms with E-state index in [4.69, 9.17) is 4.74 Å². The maximum Gasteiger partial charge on any atom is 0.259 e.